The summed E-state index contributed by atoms with van der Waals surface area (Å²) in [5.74, 6) is 0.253. The maximum atomic E-state index is 12.6. The Morgan fingerprint density at radius 2 is 1.73 bits per heavy atom. The standard InChI is InChI=1S/C21H23NO3S/c1-15(23)19-12-17(14-26-19)13-20(25)22-10-8-21(9-11-22,16(2)24)18-6-4-3-5-7-18/h3-7,12,14H,8-11,13H2,1-2H3. The SMILES string of the molecule is CC(=O)c1cc(CC(=O)N2CCC(C(C)=O)(c3ccccc3)CC2)cs1. The van der Waals surface area contributed by atoms with Gasteiger partial charge in [0.25, 0.3) is 0 Å². The largest absolute Gasteiger partial charge is 0.342 e. The fraction of sp³-hybridized carbons (Fsp3) is 0.381. The van der Waals surface area contributed by atoms with Crippen LogP contribution in [0, 0.1) is 0 Å². The van der Waals surface area contributed by atoms with Gasteiger partial charge in [0.05, 0.1) is 16.7 Å². The van der Waals surface area contributed by atoms with Gasteiger partial charge in [-0.25, -0.2) is 0 Å². The average Bonchev–Trinajstić information content (AvgIpc) is 3.11. The summed E-state index contributed by atoms with van der Waals surface area (Å²) in [5.41, 5.74) is 1.45. The lowest BCUT2D eigenvalue weighted by molar-refractivity contribution is -0.135. The van der Waals surface area contributed by atoms with Gasteiger partial charge in [-0.1, -0.05) is 30.3 Å². The van der Waals surface area contributed by atoms with Crippen molar-refractivity contribution in [2.45, 2.75) is 38.5 Å². The summed E-state index contributed by atoms with van der Waals surface area (Å²) in [6.45, 7) is 4.35. The molecule has 1 amide bonds. The molecule has 136 valence electrons. The van der Waals surface area contributed by atoms with Crippen molar-refractivity contribution in [3.8, 4) is 0 Å². The lowest BCUT2D eigenvalue weighted by Crippen LogP contribution is -2.48. The predicted molar refractivity (Wildman–Crippen MR) is 103 cm³/mol. The van der Waals surface area contributed by atoms with E-state index in [1.54, 1.807) is 13.0 Å². The molecule has 26 heavy (non-hydrogen) atoms. The van der Waals surface area contributed by atoms with Crippen molar-refractivity contribution in [3.63, 3.8) is 0 Å². The van der Waals surface area contributed by atoms with Crippen LogP contribution in [0.4, 0.5) is 0 Å². The fourth-order valence-electron chi connectivity index (χ4n) is 3.68. The van der Waals surface area contributed by atoms with Crippen LogP contribution in [-0.4, -0.2) is 35.5 Å². The zero-order chi connectivity index (χ0) is 18.7. The van der Waals surface area contributed by atoms with Gasteiger partial charge in [0.1, 0.15) is 5.78 Å². The van der Waals surface area contributed by atoms with Crippen LogP contribution in [0.1, 0.15) is 47.5 Å². The second-order valence-electron chi connectivity index (χ2n) is 6.94. The fourth-order valence-corrected chi connectivity index (χ4v) is 4.49. The molecule has 0 N–H and O–H groups in total. The molecule has 1 aliphatic heterocycles. The highest BCUT2D eigenvalue weighted by molar-refractivity contribution is 7.12. The highest BCUT2D eigenvalue weighted by Crippen LogP contribution is 2.36. The number of likely N-dealkylation sites (tertiary alicyclic amines) is 1. The molecule has 0 unspecified atom stereocenters. The van der Waals surface area contributed by atoms with E-state index in [9.17, 15) is 14.4 Å². The van der Waals surface area contributed by atoms with E-state index in [4.69, 9.17) is 0 Å². The minimum atomic E-state index is -0.484. The van der Waals surface area contributed by atoms with Crippen LogP contribution in [0.25, 0.3) is 0 Å². The second-order valence-corrected chi connectivity index (χ2v) is 7.85. The number of thiophene rings is 1. The van der Waals surface area contributed by atoms with E-state index in [0.29, 0.717) is 37.2 Å². The minimum Gasteiger partial charge on any atom is -0.342 e. The maximum Gasteiger partial charge on any atom is 0.227 e. The molecular weight excluding hydrogens is 346 g/mol. The van der Waals surface area contributed by atoms with Crippen molar-refractivity contribution in [2.24, 2.45) is 0 Å². The number of amides is 1. The second kappa shape index (κ2) is 7.54. The molecule has 0 radical (unpaired) electrons. The number of hydrogen-bond acceptors (Lipinski definition) is 4. The topological polar surface area (TPSA) is 54.5 Å². The molecule has 1 saturated heterocycles. The van der Waals surface area contributed by atoms with Gasteiger partial charge in [-0.05, 0) is 49.3 Å². The minimum absolute atomic E-state index is 0.0285. The zero-order valence-electron chi connectivity index (χ0n) is 15.2. The molecule has 4 nitrogen and oxygen atoms in total. The number of rotatable bonds is 5. The average molecular weight is 369 g/mol. The molecule has 1 aromatic carbocycles. The van der Waals surface area contributed by atoms with Gasteiger partial charge < -0.3 is 4.90 Å². The molecule has 2 aromatic rings. The van der Waals surface area contributed by atoms with Crippen molar-refractivity contribution >= 4 is 28.8 Å². The van der Waals surface area contributed by atoms with Crippen LogP contribution < -0.4 is 0 Å². The summed E-state index contributed by atoms with van der Waals surface area (Å²) in [5, 5.41) is 1.88. The first-order chi connectivity index (χ1) is 12.4. The number of Topliss-reactive ketones (excluding diaryl/α,β-unsaturated/α-hetero) is 2. The van der Waals surface area contributed by atoms with Crippen LogP contribution in [0.5, 0.6) is 0 Å². The Morgan fingerprint density at radius 1 is 1.08 bits per heavy atom. The Morgan fingerprint density at radius 3 is 2.27 bits per heavy atom. The first kappa shape index (κ1) is 18.5. The van der Waals surface area contributed by atoms with Gasteiger partial charge in [-0.3, -0.25) is 14.4 Å². The normalized spacial score (nSPS) is 16.3. The van der Waals surface area contributed by atoms with E-state index in [1.165, 1.54) is 18.3 Å². The Balaban J connectivity index is 1.67. The van der Waals surface area contributed by atoms with Crippen LogP contribution in [0.15, 0.2) is 41.8 Å². The molecule has 0 spiro atoms. The van der Waals surface area contributed by atoms with E-state index in [0.717, 1.165) is 11.1 Å². The summed E-state index contributed by atoms with van der Waals surface area (Å²) >= 11 is 1.38. The number of hydrogen-bond donors (Lipinski definition) is 0. The van der Waals surface area contributed by atoms with Crippen LogP contribution >= 0.6 is 11.3 Å². The van der Waals surface area contributed by atoms with Gasteiger partial charge >= 0.3 is 0 Å². The van der Waals surface area contributed by atoms with E-state index in [1.807, 2.05) is 40.6 Å². The third kappa shape index (κ3) is 3.63. The lowest BCUT2D eigenvalue weighted by atomic mass is 9.70. The molecule has 0 saturated carbocycles. The summed E-state index contributed by atoms with van der Waals surface area (Å²) < 4.78 is 0. The van der Waals surface area contributed by atoms with E-state index in [2.05, 4.69) is 0 Å². The number of carbonyl (C=O) groups excluding carboxylic acids is 3. The quantitative estimate of drug-likeness (QED) is 0.756. The van der Waals surface area contributed by atoms with Gasteiger partial charge in [-0.2, -0.15) is 0 Å². The van der Waals surface area contributed by atoms with Gasteiger partial charge in [0.2, 0.25) is 5.91 Å². The Bertz CT molecular complexity index is 817. The summed E-state index contributed by atoms with van der Waals surface area (Å²) in [4.78, 5) is 39.0. The Hall–Kier alpha value is -2.27. The number of piperidine rings is 1. The molecule has 5 heteroatoms. The van der Waals surface area contributed by atoms with Gasteiger partial charge in [0, 0.05) is 13.1 Å². The number of benzene rings is 1. The predicted octanol–water partition coefficient (Wildman–Crippen LogP) is 3.64. The highest BCUT2D eigenvalue weighted by Gasteiger charge is 2.41. The Labute approximate surface area is 157 Å². The monoisotopic (exact) mass is 369 g/mol. The van der Waals surface area contributed by atoms with Crippen LogP contribution in [-0.2, 0) is 21.4 Å². The van der Waals surface area contributed by atoms with Gasteiger partial charge in [0.15, 0.2) is 5.78 Å². The number of nitrogens with zero attached hydrogens (tertiary/aromatic N) is 1. The first-order valence-electron chi connectivity index (χ1n) is 8.85. The molecule has 1 fully saturated rings. The molecule has 3 rings (SSSR count). The molecular formula is C21H23NO3S. The summed E-state index contributed by atoms with van der Waals surface area (Å²) in [6.07, 6.45) is 1.61. The van der Waals surface area contributed by atoms with Crippen molar-refractivity contribution in [2.75, 3.05) is 13.1 Å². The van der Waals surface area contributed by atoms with E-state index in [-0.39, 0.29) is 17.5 Å². The smallest absolute Gasteiger partial charge is 0.227 e. The molecule has 0 aliphatic carbocycles. The van der Waals surface area contributed by atoms with Crippen molar-refractivity contribution in [3.05, 3.63) is 57.8 Å². The van der Waals surface area contributed by atoms with Crippen molar-refractivity contribution in [1.29, 1.82) is 0 Å². The maximum absolute atomic E-state index is 12.6. The molecule has 0 atom stereocenters. The molecule has 0 bridgehead atoms. The third-order valence-corrected chi connectivity index (χ3v) is 6.41. The highest BCUT2D eigenvalue weighted by atomic mass is 32.1. The lowest BCUT2D eigenvalue weighted by Gasteiger charge is -2.40. The molecule has 1 aromatic heterocycles. The first-order valence-corrected chi connectivity index (χ1v) is 9.73. The van der Waals surface area contributed by atoms with Crippen LogP contribution in [0.3, 0.4) is 0 Å². The van der Waals surface area contributed by atoms with Crippen molar-refractivity contribution < 1.29 is 14.4 Å². The van der Waals surface area contributed by atoms with E-state index < -0.39 is 5.41 Å². The summed E-state index contributed by atoms with van der Waals surface area (Å²) in [7, 11) is 0. The molecule has 1 aliphatic rings. The Kier molecular flexibility index (Phi) is 5.37. The third-order valence-electron chi connectivity index (χ3n) is 5.33. The van der Waals surface area contributed by atoms with E-state index >= 15 is 0 Å². The van der Waals surface area contributed by atoms with Crippen molar-refractivity contribution in [1.82, 2.24) is 4.90 Å². The van der Waals surface area contributed by atoms with Gasteiger partial charge in [-0.15, -0.1) is 11.3 Å². The zero-order valence-corrected chi connectivity index (χ0v) is 16.0. The summed E-state index contributed by atoms with van der Waals surface area (Å²) in [6, 6.07) is 11.7. The number of carbonyl (C=O) groups is 3. The molecule has 2 heterocycles. The number of ketones is 2. The van der Waals surface area contributed by atoms with Crippen LogP contribution in [0.2, 0.25) is 0 Å².